The molecule has 0 saturated heterocycles. The van der Waals surface area contributed by atoms with E-state index in [9.17, 15) is 13.6 Å². The van der Waals surface area contributed by atoms with Gasteiger partial charge in [-0.2, -0.15) is 13.9 Å². The Bertz CT molecular complexity index is 574. The van der Waals surface area contributed by atoms with Gasteiger partial charge < -0.3 is 4.74 Å². The highest BCUT2D eigenvalue weighted by atomic mass is 31.1. The molecule has 1 heterocycles. The third-order valence-corrected chi connectivity index (χ3v) is 4.49. The van der Waals surface area contributed by atoms with E-state index in [0.717, 1.165) is 4.68 Å². The zero-order chi connectivity index (χ0) is 14.7. The van der Waals surface area contributed by atoms with E-state index < -0.39 is 17.8 Å². The van der Waals surface area contributed by atoms with Crippen molar-refractivity contribution in [2.45, 2.75) is 37.1 Å². The van der Waals surface area contributed by atoms with Crippen molar-refractivity contribution in [2.75, 3.05) is 6.61 Å². The maximum atomic E-state index is 14.3. The second-order valence-electron chi connectivity index (χ2n) is 5.21. The van der Waals surface area contributed by atoms with E-state index in [-0.39, 0.29) is 30.2 Å². The summed E-state index contributed by atoms with van der Waals surface area (Å²) in [5, 5.41) is 4.13. The number of alkyl halides is 2. The van der Waals surface area contributed by atoms with E-state index in [1.54, 1.807) is 6.92 Å². The van der Waals surface area contributed by atoms with Crippen LogP contribution in [0.5, 0.6) is 0 Å². The first kappa shape index (κ1) is 14.3. The Morgan fingerprint density at radius 1 is 1.60 bits per heavy atom. The van der Waals surface area contributed by atoms with Gasteiger partial charge >= 0.3 is 5.97 Å². The van der Waals surface area contributed by atoms with Crippen LogP contribution in [-0.2, 0) is 22.0 Å². The zero-order valence-corrected chi connectivity index (χ0v) is 13.3. The molecule has 0 aromatic carbocycles. The normalized spacial score (nSPS) is 25.5. The average Bonchev–Trinajstić information content (AvgIpc) is 3.00. The molecule has 1 aromatic heterocycles. The maximum absolute atomic E-state index is 14.3. The van der Waals surface area contributed by atoms with Crippen molar-refractivity contribution in [3.63, 3.8) is 0 Å². The lowest BCUT2D eigenvalue weighted by Crippen LogP contribution is -2.23. The number of halogens is 2. The average molecular weight is 320 g/mol. The summed E-state index contributed by atoms with van der Waals surface area (Å²) in [4.78, 5) is 11.6. The molecule has 0 radical (unpaired) electrons. The number of ether oxygens (including phenoxy) is 1. The van der Waals surface area contributed by atoms with Crippen LogP contribution in [0.3, 0.4) is 0 Å². The molecule has 0 amide bonds. The Morgan fingerprint density at radius 3 is 2.90 bits per heavy atom. The van der Waals surface area contributed by atoms with Gasteiger partial charge in [0.1, 0.15) is 12.2 Å². The van der Waals surface area contributed by atoms with Gasteiger partial charge in [-0.3, -0.25) is 9.48 Å². The van der Waals surface area contributed by atoms with E-state index >= 15 is 0 Å². The Labute approximate surface area is 120 Å². The van der Waals surface area contributed by atoms with E-state index in [1.807, 2.05) is 0 Å². The smallest absolute Gasteiger partial charge is 0.327 e. The predicted molar refractivity (Wildman–Crippen MR) is 75.8 cm³/mol. The SMILES string of the molecule is CCOC(=O)Cn1nc(C(P)P)c2c1C(F)(F)C1CC21. The van der Waals surface area contributed by atoms with Gasteiger partial charge in [-0.25, -0.2) is 0 Å². The largest absolute Gasteiger partial charge is 0.465 e. The molecule has 0 aliphatic heterocycles. The first-order valence-electron chi connectivity index (χ1n) is 6.53. The minimum absolute atomic E-state index is 0.0864. The number of nitrogens with zero attached hydrogens (tertiary/aromatic N) is 2. The summed E-state index contributed by atoms with van der Waals surface area (Å²) in [7, 11) is 5.09. The fraction of sp³-hybridized carbons (Fsp3) is 0.667. The topological polar surface area (TPSA) is 44.1 Å². The molecule has 1 saturated carbocycles. The molecule has 0 bridgehead atoms. The maximum Gasteiger partial charge on any atom is 0.327 e. The Morgan fingerprint density at radius 2 is 2.30 bits per heavy atom. The molecule has 1 aromatic rings. The number of hydrogen-bond donors (Lipinski definition) is 0. The second kappa shape index (κ2) is 4.71. The molecule has 4 nitrogen and oxygen atoms in total. The number of aromatic nitrogens is 2. The van der Waals surface area contributed by atoms with Crippen LogP contribution in [0.2, 0.25) is 0 Å². The third kappa shape index (κ3) is 2.00. The van der Waals surface area contributed by atoms with Crippen LogP contribution in [0.4, 0.5) is 8.78 Å². The fourth-order valence-corrected chi connectivity index (χ4v) is 3.48. The monoisotopic (exact) mass is 320 g/mol. The van der Waals surface area contributed by atoms with Crippen LogP contribution >= 0.6 is 18.5 Å². The summed E-state index contributed by atoms with van der Waals surface area (Å²) in [5.74, 6) is -4.14. The standard InChI is InChI=1S/C12H16F2N2O2P2/c1-2-18-7(17)4-16-10-8(9(15-16)11(19)20)5-3-6(5)12(10,13)14/h5-6,11H,2-4,19-20H2,1H3. The lowest BCUT2D eigenvalue weighted by atomic mass is 10.1. The van der Waals surface area contributed by atoms with Gasteiger partial charge in [-0.15, -0.1) is 18.5 Å². The highest BCUT2D eigenvalue weighted by Gasteiger charge is 2.66. The predicted octanol–water partition coefficient (Wildman–Crippen LogP) is 2.40. The zero-order valence-electron chi connectivity index (χ0n) is 11.0. The highest BCUT2D eigenvalue weighted by Crippen LogP contribution is 2.68. The number of rotatable bonds is 4. The lowest BCUT2D eigenvalue weighted by Gasteiger charge is -2.15. The number of carbonyl (C=O) groups excluding carboxylic acids is 1. The Balaban J connectivity index is 2.02. The summed E-state index contributed by atoms with van der Waals surface area (Å²) >= 11 is 0. The molecular weight excluding hydrogens is 304 g/mol. The second-order valence-corrected chi connectivity index (χ2v) is 7.41. The van der Waals surface area contributed by atoms with E-state index in [2.05, 4.69) is 23.6 Å². The lowest BCUT2D eigenvalue weighted by molar-refractivity contribution is -0.144. The molecule has 110 valence electrons. The van der Waals surface area contributed by atoms with Gasteiger partial charge in [-0.1, -0.05) is 0 Å². The highest BCUT2D eigenvalue weighted by molar-refractivity contribution is 7.37. The van der Waals surface area contributed by atoms with E-state index in [4.69, 9.17) is 4.74 Å². The summed E-state index contributed by atoms with van der Waals surface area (Å²) < 4.78 is 34.6. The Kier molecular flexibility index (Phi) is 3.38. The fourth-order valence-electron chi connectivity index (χ4n) is 2.99. The molecule has 4 atom stereocenters. The van der Waals surface area contributed by atoms with Crippen molar-refractivity contribution in [2.24, 2.45) is 5.92 Å². The minimum Gasteiger partial charge on any atom is -0.465 e. The van der Waals surface area contributed by atoms with Gasteiger partial charge in [0.05, 0.1) is 12.3 Å². The van der Waals surface area contributed by atoms with Gasteiger partial charge in [-0.05, 0) is 19.3 Å². The number of esters is 1. The molecule has 0 spiro atoms. The minimum atomic E-state index is -2.89. The van der Waals surface area contributed by atoms with Crippen LogP contribution in [0, 0.1) is 5.92 Å². The number of hydrogen-bond acceptors (Lipinski definition) is 3. The molecule has 2 aliphatic carbocycles. The van der Waals surface area contributed by atoms with Gasteiger partial charge in [0.15, 0.2) is 0 Å². The van der Waals surface area contributed by atoms with Crippen molar-refractivity contribution in [1.82, 2.24) is 9.78 Å². The molecule has 1 fully saturated rings. The van der Waals surface area contributed by atoms with Crippen molar-refractivity contribution in [3.8, 4) is 0 Å². The quantitative estimate of drug-likeness (QED) is 0.632. The summed E-state index contributed by atoms with van der Waals surface area (Å²) in [5.41, 5.74) is 1.18. The van der Waals surface area contributed by atoms with Crippen LogP contribution in [0.1, 0.15) is 41.6 Å². The molecule has 0 N–H and O–H groups in total. The van der Waals surface area contributed by atoms with Gasteiger partial charge in [0.25, 0.3) is 5.92 Å². The summed E-state index contributed by atoms with van der Waals surface area (Å²) in [6, 6.07) is 0. The van der Waals surface area contributed by atoms with Crippen LogP contribution in [0.15, 0.2) is 0 Å². The summed E-state index contributed by atoms with van der Waals surface area (Å²) in [6.45, 7) is 1.65. The van der Waals surface area contributed by atoms with Crippen molar-refractivity contribution in [1.29, 1.82) is 0 Å². The van der Waals surface area contributed by atoms with Gasteiger partial charge in [0.2, 0.25) is 0 Å². The summed E-state index contributed by atoms with van der Waals surface area (Å²) in [6.07, 6.45) is 0.514. The Hall–Kier alpha value is -0.600. The number of fused-ring (bicyclic) bond motifs is 3. The first-order chi connectivity index (χ1) is 9.37. The molecule has 2 aliphatic rings. The van der Waals surface area contributed by atoms with Crippen molar-refractivity contribution < 1.29 is 18.3 Å². The van der Waals surface area contributed by atoms with E-state index in [0.29, 0.717) is 17.7 Å². The molecule has 8 heteroatoms. The van der Waals surface area contributed by atoms with Crippen LogP contribution in [0.25, 0.3) is 0 Å². The van der Waals surface area contributed by atoms with E-state index in [1.165, 1.54) is 0 Å². The molecule has 20 heavy (non-hydrogen) atoms. The first-order valence-corrected chi connectivity index (χ1v) is 7.86. The molecule has 3 rings (SSSR count). The van der Waals surface area contributed by atoms with Crippen molar-refractivity contribution in [3.05, 3.63) is 17.0 Å². The third-order valence-electron chi connectivity index (χ3n) is 3.86. The van der Waals surface area contributed by atoms with Gasteiger partial charge in [0, 0.05) is 16.9 Å². The number of carbonyl (C=O) groups is 1. The van der Waals surface area contributed by atoms with Crippen molar-refractivity contribution >= 4 is 24.4 Å². The molecule has 4 unspecified atom stereocenters. The van der Waals surface area contributed by atoms with Crippen LogP contribution < -0.4 is 0 Å². The molecular formula is C12H16F2N2O2P2. The van der Waals surface area contributed by atoms with Crippen LogP contribution in [-0.4, -0.2) is 22.4 Å².